The second-order valence-electron chi connectivity index (χ2n) is 4.64. The van der Waals surface area contributed by atoms with E-state index in [0.717, 1.165) is 0 Å². The zero-order chi connectivity index (χ0) is 14.2. The number of tetrazole rings is 1. The number of aromatic nitrogens is 4. The van der Waals surface area contributed by atoms with Gasteiger partial charge >= 0.3 is 5.97 Å². The topological polar surface area (TPSA) is 110 Å². The molecule has 0 unspecified atom stereocenters. The number of rotatable bonds is 4. The van der Waals surface area contributed by atoms with Gasteiger partial charge in [0, 0.05) is 5.56 Å². The number of hydrogen-bond acceptors (Lipinski definition) is 5. The van der Waals surface area contributed by atoms with Crippen LogP contribution in [-0.4, -0.2) is 42.7 Å². The highest BCUT2D eigenvalue weighted by molar-refractivity contribution is 5.99. The summed E-state index contributed by atoms with van der Waals surface area (Å²) in [5.74, 6) is -1.38. The number of carbonyl (C=O) groups is 2. The van der Waals surface area contributed by atoms with Gasteiger partial charge in [-0.2, -0.15) is 0 Å². The summed E-state index contributed by atoms with van der Waals surface area (Å²) in [5.41, 5.74) is 0.0336. The number of benzene rings is 1. The van der Waals surface area contributed by atoms with Gasteiger partial charge in [-0.1, -0.05) is 0 Å². The molecular weight excluding hydrogens is 262 g/mol. The molecule has 1 aliphatic rings. The first kappa shape index (κ1) is 12.3. The minimum atomic E-state index is -1.08. The predicted octanol–water partition coefficient (Wildman–Crippen LogP) is 0.00930. The molecule has 1 aromatic heterocycles. The molecule has 102 valence electrons. The average molecular weight is 273 g/mol. The fourth-order valence-corrected chi connectivity index (χ4v) is 1.85. The van der Waals surface area contributed by atoms with Crippen molar-refractivity contribution in [1.29, 1.82) is 0 Å². The predicted molar refractivity (Wildman–Crippen MR) is 66.2 cm³/mol. The van der Waals surface area contributed by atoms with Crippen LogP contribution < -0.4 is 5.32 Å². The molecule has 0 atom stereocenters. The van der Waals surface area contributed by atoms with Crippen LogP contribution in [0.5, 0.6) is 0 Å². The first-order valence-corrected chi connectivity index (χ1v) is 6.00. The molecule has 0 aliphatic heterocycles. The van der Waals surface area contributed by atoms with Crippen molar-refractivity contribution in [3.05, 3.63) is 36.2 Å². The summed E-state index contributed by atoms with van der Waals surface area (Å²) in [5, 5.41) is 22.4. The maximum Gasteiger partial charge on any atom is 0.329 e. The molecule has 8 heteroatoms. The minimum absolute atomic E-state index is 0.395. The van der Waals surface area contributed by atoms with Gasteiger partial charge in [-0.15, -0.1) is 5.10 Å². The molecule has 0 saturated heterocycles. The third-order valence-electron chi connectivity index (χ3n) is 3.26. The van der Waals surface area contributed by atoms with E-state index < -0.39 is 17.4 Å². The van der Waals surface area contributed by atoms with Crippen LogP contribution in [0.3, 0.4) is 0 Å². The van der Waals surface area contributed by atoms with Crippen LogP contribution >= 0.6 is 0 Å². The molecule has 20 heavy (non-hydrogen) atoms. The molecule has 2 aromatic rings. The number of amides is 1. The van der Waals surface area contributed by atoms with Crippen molar-refractivity contribution in [2.75, 3.05) is 0 Å². The second kappa shape index (κ2) is 4.41. The third kappa shape index (κ3) is 2.11. The van der Waals surface area contributed by atoms with Gasteiger partial charge in [0.15, 0.2) is 0 Å². The highest BCUT2D eigenvalue weighted by atomic mass is 16.4. The smallest absolute Gasteiger partial charge is 0.329 e. The van der Waals surface area contributed by atoms with E-state index in [1.165, 1.54) is 11.0 Å². The summed E-state index contributed by atoms with van der Waals surface area (Å²) in [4.78, 5) is 23.0. The molecule has 8 nitrogen and oxygen atoms in total. The lowest BCUT2D eigenvalue weighted by atomic mass is 10.1. The summed E-state index contributed by atoms with van der Waals surface area (Å²) in [7, 11) is 0. The molecule has 1 aliphatic carbocycles. The maximum absolute atomic E-state index is 12.0. The Balaban J connectivity index is 1.75. The maximum atomic E-state index is 12.0. The Bertz CT molecular complexity index is 646. The number of carboxylic acids is 1. The lowest BCUT2D eigenvalue weighted by molar-refractivity contribution is -0.140. The van der Waals surface area contributed by atoms with Crippen LogP contribution in [0, 0.1) is 0 Å². The molecule has 1 saturated carbocycles. The van der Waals surface area contributed by atoms with Crippen molar-refractivity contribution in [1.82, 2.24) is 25.5 Å². The highest BCUT2D eigenvalue weighted by Crippen LogP contribution is 2.35. The second-order valence-corrected chi connectivity index (χ2v) is 4.64. The van der Waals surface area contributed by atoms with Crippen molar-refractivity contribution in [3.8, 4) is 5.69 Å². The number of aliphatic carboxylic acids is 1. The van der Waals surface area contributed by atoms with Crippen molar-refractivity contribution >= 4 is 11.9 Å². The molecule has 1 fully saturated rings. The quantitative estimate of drug-likeness (QED) is 0.812. The van der Waals surface area contributed by atoms with E-state index >= 15 is 0 Å². The fourth-order valence-electron chi connectivity index (χ4n) is 1.85. The largest absolute Gasteiger partial charge is 0.480 e. The zero-order valence-electron chi connectivity index (χ0n) is 10.4. The first-order chi connectivity index (χ1) is 9.61. The summed E-state index contributed by atoms with van der Waals surface area (Å²) in [6.07, 6.45) is 2.38. The van der Waals surface area contributed by atoms with Crippen molar-refractivity contribution < 1.29 is 14.7 Å². The molecule has 3 rings (SSSR count). The summed E-state index contributed by atoms with van der Waals surface area (Å²) < 4.78 is 1.46. The Morgan fingerprint density at radius 1 is 1.25 bits per heavy atom. The van der Waals surface area contributed by atoms with Crippen molar-refractivity contribution in [2.24, 2.45) is 0 Å². The van der Waals surface area contributed by atoms with E-state index in [1.54, 1.807) is 24.3 Å². The summed E-state index contributed by atoms with van der Waals surface area (Å²) >= 11 is 0. The van der Waals surface area contributed by atoms with Gasteiger partial charge in [-0.25, -0.2) is 9.48 Å². The molecule has 1 amide bonds. The Morgan fingerprint density at radius 2 is 1.95 bits per heavy atom. The van der Waals surface area contributed by atoms with Gasteiger partial charge in [0.25, 0.3) is 5.91 Å². The van der Waals surface area contributed by atoms with Gasteiger partial charge in [0.05, 0.1) is 5.69 Å². The van der Waals surface area contributed by atoms with Gasteiger partial charge in [0.2, 0.25) is 0 Å². The lowest BCUT2D eigenvalue weighted by Gasteiger charge is -2.12. The van der Waals surface area contributed by atoms with Crippen LogP contribution in [0.15, 0.2) is 30.6 Å². The Morgan fingerprint density at radius 3 is 2.45 bits per heavy atom. The average Bonchev–Trinajstić information content (AvgIpc) is 3.03. The Kier molecular flexibility index (Phi) is 2.70. The zero-order valence-corrected chi connectivity index (χ0v) is 10.4. The fraction of sp³-hybridized carbons (Fsp3) is 0.250. The monoisotopic (exact) mass is 273 g/mol. The number of carboxylic acid groups (broad SMARTS) is 1. The lowest BCUT2D eigenvalue weighted by Crippen LogP contribution is -2.43. The Labute approximate surface area is 113 Å². The number of nitrogens with zero attached hydrogens (tertiary/aromatic N) is 4. The van der Waals surface area contributed by atoms with Crippen LogP contribution in [0.1, 0.15) is 23.2 Å². The molecule has 1 aromatic carbocycles. The minimum Gasteiger partial charge on any atom is -0.480 e. The van der Waals surface area contributed by atoms with E-state index in [2.05, 4.69) is 20.8 Å². The third-order valence-corrected chi connectivity index (χ3v) is 3.26. The van der Waals surface area contributed by atoms with E-state index in [0.29, 0.717) is 24.1 Å². The van der Waals surface area contributed by atoms with Crippen molar-refractivity contribution in [2.45, 2.75) is 18.4 Å². The summed E-state index contributed by atoms with van der Waals surface area (Å²) in [6.45, 7) is 0. The van der Waals surface area contributed by atoms with Crippen LogP contribution in [0.25, 0.3) is 5.69 Å². The first-order valence-electron chi connectivity index (χ1n) is 6.00. The van der Waals surface area contributed by atoms with E-state index in [1.807, 2.05) is 0 Å². The van der Waals surface area contributed by atoms with E-state index in [4.69, 9.17) is 5.11 Å². The standard InChI is InChI=1S/C12H11N5O3/c18-10(14-12(5-6-12)11(19)20)8-1-3-9(4-2-8)17-7-13-15-16-17/h1-4,7H,5-6H2,(H,14,18)(H,19,20). The number of nitrogens with one attached hydrogen (secondary N) is 1. The van der Waals surface area contributed by atoms with Gasteiger partial charge in [-0.05, 0) is 47.5 Å². The van der Waals surface area contributed by atoms with Gasteiger partial charge in [-0.3, -0.25) is 4.79 Å². The number of hydrogen-bond donors (Lipinski definition) is 2. The van der Waals surface area contributed by atoms with Gasteiger partial charge in [0.1, 0.15) is 11.9 Å². The Hall–Kier alpha value is -2.77. The van der Waals surface area contributed by atoms with E-state index in [-0.39, 0.29) is 0 Å². The molecule has 0 radical (unpaired) electrons. The van der Waals surface area contributed by atoms with Crippen molar-refractivity contribution in [3.63, 3.8) is 0 Å². The van der Waals surface area contributed by atoms with E-state index in [9.17, 15) is 9.59 Å². The molecule has 1 heterocycles. The van der Waals surface area contributed by atoms with Crippen LogP contribution in [0.2, 0.25) is 0 Å². The molecule has 2 N–H and O–H groups in total. The SMILES string of the molecule is O=C(NC1(C(=O)O)CC1)c1ccc(-n2cnnn2)cc1. The van der Waals surface area contributed by atoms with Crippen LogP contribution in [-0.2, 0) is 4.79 Å². The number of carbonyl (C=O) groups excluding carboxylic acids is 1. The molecular formula is C12H11N5O3. The highest BCUT2D eigenvalue weighted by Gasteiger charge is 2.51. The normalized spacial score (nSPS) is 15.6. The molecule has 0 spiro atoms. The molecule has 0 bridgehead atoms. The van der Waals surface area contributed by atoms with Gasteiger partial charge < -0.3 is 10.4 Å². The van der Waals surface area contributed by atoms with Crippen LogP contribution in [0.4, 0.5) is 0 Å². The summed E-state index contributed by atoms with van der Waals surface area (Å²) in [6, 6.07) is 6.58.